The average molecular weight is 461 g/mol. The third-order valence-corrected chi connectivity index (χ3v) is 4.34. The fourth-order valence-corrected chi connectivity index (χ4v) is 3.66. The quantitative estimate of drug-likeness (QED) is 0.519. The molecule has 0 heterocycles. The molecule has 4 nitrogen and oxygen atoms in total. The largest absolute Gasteiger partial charge is 0.495 e. The maximum Gasteiger partial charge on any atom is 0.272 e. The number of nitrogens with one attached hydrogen (secondary N) is 1. The summed E-state index contributed by atoms with van der Waals surface area (Å²) in [7, 11) is 1.57. The van der Waals surface area contributed by atoms with Crippen LogP contribution < -0.4 is 10.2 Å². The molecule has 2 aromatic carbocycles. The number of ether oxygens (including phenoxy) is 1. The fourth-order valence-electron chi connectivity index (χ4n) is 1.92. The van der Waals surface area contributed by atoms with Gasteiger partial charge in [0.15, 0.2) is 0 Å². The van der Waals surface area contributed by atoms with Crippen LogP contribution in [-0.4, -0.2) is 19.2 Å². The second-order valence-electron chi connectivity index (χ2n) is 4.69. The standard InChI is InChI=1S/C16H13Br2ClN2O2/c1-9-3-4-12(14(19)5-9)16(22)21-20-8-10-6-11(17)7-13(18)15(10)23-2/h3-8H,1-2H3,(H,21,22)/b20-8-. The van der Waals surface area contributed by atoms with E-state index in [9.17, 15) is 4.79 Å². The molecule has 23 heavy (non-hydrogen) atoms. The smallest absolute Gasteiger partial charge is 0.272 e. The zero-order chi connectivity index (χ0) is 17.0. The Hall–Kier alpha value is -1.37. The number of carbonyl (C=O) groups excluding carboxylic acids is 1. The third-order valence-electron chi connectivity index (χ3n) is 2.98. The number of hydrogen-bond acceptors (Lipinski definition) is 3. The monoisotopic (exact) mass is 458 g/mol. The van der Waals surface area contributed by atoms with Crippen LogP contribution in [0.1, 0.15) is 21.5 Å². The summed E-state index contributed by atoms with van der Waals surface area (Å²) in [6, 6.07) is 8.91. The van der Waals surface area contributed by atoms with Crippen molar-refractivity contribution in [2.75, 3.05) is 7.11 Å². The molecule has 2 aromatic rings. The molecule has 0 aromatic heterocycles. The van der Waals surface area contributed by atoms with E-state index < -0.39 is 0 Å². The first kappa shape index (κ1) is 18.0. The predicted octanol–water partition coefficient (Wildman–Crippen LogP) is 4.95. The van der Waals surface area contributed by atoms with Crippen molar-refractivity contribution in [3.05, 3.63) is 61.0 Å². The van der Waals surface area contributed by atoms with Crippen LogP contribution in [0.3, 0.4) is 0 Å². The molecule has 0 fully saturated rings. The normalized spacial score (nSPS) is 10.8. The lowest BCUT2D eigenvalue weighted by Crippen LogP contribution is -2.18. The van der Waals surface area contributed by atoms with Gasteiger partial charge in [0.05, 0.1) is 28.4 Å². The average Bonchev–Trinajstić information content (AvgIpc) is 2.46. The van der Waals surface area contributed by atoms with E-state index in [-0.39, 0.29) is 5.91 Å². The second kappa shape index (κ2) is 7.95. The van der Waals surface area contributed by atoms with Crippen molar-refractivity contribution in [1.29, 1.82) is 0 Å². The molecule has 1 N–H and O–H groups in total. The van der Waals surface area contributed by atoms with E-state index in [1.807, 2.05) is 25.1 Å². The third kappa shape index (κ3) is 4.56. The van der Waals surface area contributed by atoms with E-state index in [0.29, 0.717) is 21.9 Å². The molecular weight excluding hydrogens is 447 g/mol. The van der Waals surface area contributed by atoms with Crippen LogP contribution in [-0.2, 0) is 0 Å². The maximum atomic E-state index is 12.1. The zero-order valence-corrected chi connectivity index (χ0v) is 16.3. The Morgan fingerprint density at radius 1 is 1.30 bits per heavy atom. The Labute approximate surface area is 156 Å². The van der Waals surface area contributed by atoms with E-state index in [1.165, 1.54) is 6.21 Å². The molecule has 120 valence electrons. The van der Waals surface area contributed by atoms with Gasteiger partial charge in [-0.3, -0.25) is 4.79 Å². The van der Waals surface area contributed by atoms with Crippen LogP contribution >= 0.6 is 43.5 Å². The second-order valence-corrected chi connectivity index (χ2v) is 6.87. The van der Waals surface area contributed by atoms with Crippen molar-refractivity contribution >= 4 is 55.6 Å². The van der Waals surface area contributed by atoms with Gasteiger partial charge in [-0.25, -0.2) is 5.43 Å². The molecule has 0 aliphatic heterocycles. The lowest BCUT2D eigenvalue weighted by molar-refractivity contribution is 0.0955. The topological polar surface area (TPSA) is 50.7 Å². The number of rotatable bonds is 4. The Kier molecular flexibility index (Phi) is 6.21. The molecule has 0 saturated carbocycles. The number of benzene rings is 2. The molecular formula is C16H13Br2ClN2O2. The highest BCUT2D eigenvalue weighted by molar-refractivity contribution is 9.11. The number of carbonyl (C=O) groups is 1. The summed E-state index contributed by atoms with van der Waals surface area (Å²) in [6.07, 6.45) is 1.51. The highest BCUT2D eigenvalue weighted by atomic mass is 79.9. The van der Waals surface area contributed by atoms with E-state index in [1.54, 1.807) is 19.2 Å². The number of methoxy groups -OCH3 is 1. The van der Waals surface area contributed by atoms with Gasteiger partial charge in [-0.15, -0.1) is 0 Å². The Morgan fingerprint density at radius 3 is 2.70 bits per heavy atom. The van der Waals surface area contributed by atoms with Gasteiger partial charge < -0.3 is 4.74 Å². The molecule has 0 radical (unpaired) electrons. The first-order chi connectivity index (χ1) is 10.9. The summed E-state index contributed by atoms with van der Waals surface area (Å²) < 4.78 is 6.95. The van der Waals surface area contributed by atoms with Gasteiger partial charge in [0, 0.05) is 10.0 Å². The number of nitrogens with zero attached hydrogens (tertiary/aromatic N) is 1. The SMILES string of the molecule is COc1c(Br)cc(Br)cc1/C=N\NC(=O)c1ccc(C)cc1Cl. The minimum Gasteiger partial charge on any atom is -0.495 e. The highest BCUT2D eigenvalue weighted by Gasteiger charge is 2.10. The lowest BCUT2D eigenvalue weighted by Gasteiger charge is -2.08. The van der Waals surface area contributed by atoms with Crippen LogP contribution in [0.15, 0.2) is 44.4 Å². The molecule has 0 unspecified atom stereocenters. The highest BCUT2D eigenvalue weighted by Crippen LogP contribution is 2.31. The molecule has 0 aliphatic carbocycles. The summed E-state index contributed by atoms with van der Waals surface area (Å²) in [5.74, 6) is 0.249. The summed E-state index contributed by atoms with van der Waals surface area (Å²) in [4.78, 5) is 12.1. The minimum atomic E-state index is -0.376. The van der Waals surface area contributed by atoms with Crippen LogP contribution in [0.4, 0.5) is 0 Å². The van der Waals surface area contributed by atoms with E-state index in [2.05, 4.69) is 42.4 Å². The Morgan fingerprint density at radius 2 is 2.04 bits per heavy atom. The molecule has 2 rings (SSSR count). The van der Waals surface area contributed by atoms with Gasteiger partial charge in [-0.1, -0.05) is 33.6 Å². The van der Waals surface area contributed by atoms with Gasteiger partial charge in [0.1, 0.15) is 5.75 Å². The van der Waals surface area contributed by atoms with Crippen molar-refractivity contribution in [1.82, 2.24) is 5.43 Å². The van der Waals surface area contributed by atoms with Gasteiger partial charge in [0.25, 0.3) is 5.91 Å². The first-order valence-corrected chi connectivity index (χ1v) is 8.51. The maximum absolute atomic E-state index is 12.1. The van der Waals surface area contributed by atoms with E-state index >= 15 is 0 Å². The fraction of sp³-hybridized carbons (Fsp3) is 0.125. The molecule has 0 bridgehead atoms. The number of amides is 1. The zero-order valence-electron chi connectivity index (χ0n) is 12.4. The number of aryl methyl sites for hydroxylation is 1. The lowest BCUT2D eigenvalue weighted by atomic mass is 10.1. The Balaban J connectivity index is 2.17. The van der Waals surface area contributed by atoms with Crippen LogP contribution in [0, 0.1) is 6.92 Å². The van der Waals surface area contributed by atoms with Crippen molar-refractivity contribution in [3.63, 3.8) is 0 Å². The molecule has 0 saturated heterocycles. The summed E-state index contributed by atoms with van der Waals surface area (Å²) in [5, 5.41) is 4.36. The molecule has 0 aliphatic rings. The first-order valence-electron chi connectivity index (χ1n) is 6.55. The number of hydrazone groups is 1. The van der Waals surface area contributed by atoms with Gasteiger partial charge in [0.2, 0.25) is 0 Å². The van der Waals surface area contributed by atoms with Crippen molar-refractivity contribution in [3.8, 4) is 5.75 Å². The molecule has 7 heteroatoms. The summed E-state index contributed by atoms with van der Waals surface area (Å²) in [6.45, 7) is 1.91. The van der Waals surface area contributed by atoms with Crippen LogP contribution in [0.25, 0.3) is 0 Å². The van der Waals surface area contributed by atoms with Crippen molar-refractivity contribution < 1.29 is 9.53 Å². The minimum absolute atomic E-state index is 0.372. The van der Waals surface area contributed by atoms with Gasteiger partial charge >= 0.3 is 0 Å². The predicted molar refractivity (Wildman–Crippen MR) is 99.6 cm³/mol. The van der Waals surface area contributed by atoms with Crippen LogP contribution in [0.5, 0.6) is 5.75 Å². The molecule has 0 spiro atoms. The van der Waals surface area contributed by atoms with Crippen molar-refractivity contribution in [2.45, 2.75) is 6.92 Å². The Bertz CT molecular complexity index is 779. The summed E-state index contributed by atoms with van der Waals surface area (Å²) >= 11 is 12.9. The molecule has 1 amide bonds. The number of hydrogen-bond donors (Lipinski definition) is 1. The number of halogens is 3. The van der Waals surface area contributed by atoms with Gasteiger partial charge in [-0.05, 0) is 52.7 Å². The molecule has 0 atom stereocenters. The van der Waals surface area contributed by atoms with E-state index in [0.717, 1.165) is 14.5 Å². The van der Waals surface area contributed by atoms with Crippen molar-refractivity contribution in [2.24, 2.45) is 5.10 Å². The van der Waals surface area contributed by atoms with E-state index in [4.69, 9.17) is 16.3 Å². The van der Waals surface area contributed by atoms with Crippen LogP contribution in [0.2, 0.25) is 5.02 Å². The van der Waals surface area contributed by atoms with Gasteiger partial charge in [-0.2, -0.15) is 5.10 Å². The summed E-state index contributed by atoms with van der Waals surface area (Å²) in [5.41, 5.74) is 4.53.